The molecule has 0 bridgehead atoms. The van der Waals surface area contributed by atoms with Crippen molar-refractivity contribution in [2.45, 2.75) is 39.1 Å². The van der Waals surface area contributed by atoms with Gasteiger partial charge in [-0.05, 0) is 122 Å². The number of esters is 4. The van der Waals surface area contributed by atoms with Crippen LogP contribution in [0.2, 0.25) is 0 Å². The van der Waals surface area contributed by atoms with E-state index in [1.165, 1.54) is 0 Å². The first-order valence-electron chi connectivity index (χ1n) is 23.5. The van der Waals surface area contributed by atoms with Crippen molar-refractivity contribution in [1.82, 2.24) is 0 Å². The van der Waals surface area contributed by atoms with Crippen LogP contribution in [0.1, 0.15) is 62.2 Å². The van der Waals surface area contributed by atoms with Gasteiger partial charge in [0, 0.05) is 5.39 Å². The third-order valence-electron chi connectivity index (χ3n) is 10.9. The van der Waals surface area contributed by atoms with Crippen molar-refractivity contribution in [3.05, 3.63) is 180 Å². The summed E-state index contributed by atoms with van der Waals surface area (Å²) in [5, 5.41) is 3.83. The molecular formula is C57H56O16. The normalized spacial score (nSPS) is 12.3. The lowest BCUT2D eigenvalue weighted by molar-refractivity contribution is -0.0547. The molecule has 0 saturated heterocycles. The molecule has 7 aromatic rings. The molecule has 3 unspecified atom stereocenters. The number of carbonyl (C=O) groups excluding carboxylic acids is 4. The van der Waals surface area contributed by atoms with Gasteiger partial charge in [-0.3, -0.25) is 0 Å². The molecule has 0 aliphatic heterocycles. The van der Waals surface area contributed by atoms with Crippen molar-refractivity contribution < 1.29 is 76.0 Å². The maximum atomic E-state index is 12.7. The predicted molar refractivity (Wildman–Crippen MR) is 268 cm³/mol. The summed E-state index contributed by atoms with van der Waals surface area (Å²) < 4.78 is 66.6. The van der Waals surface area contributed by atoms with Gasteiger partial charge in [-0.15, -0.1) is 0 Å². The van der Waals surface area contributed by atoms with E-state index in [1.54, 1.807) is 99.6 Å². The highest BCUT2D eigenvalue weighted by Crippen LogP contribution is 2.26. The number of fused-ring (bicyclic) bond motifs is 2. The Morgan fingerprint density at radius 3 is 1.26 bits per heavy atom. The molecule has 380 valence electrons. The Balaban J connectivity index is 0.691. The van der Waals surface area contributed by atoms with Gasteiger partial charge >= 0.3 is 23.9 Å². The molecule has 0 aliphatic carbocycles. The van der Waals surface area contributed by atoms with Gasteiger partial charge in [-0.2, -0.15) is 0 Å². The van der Waals surface area contributed by atoms with Crippen LogP contribution in [0.25, 0.3) is 21.5 Å². The molecule has 0 aliphatic rings. The second-order valence-corrected chi connectivity index (χ2v) is 16.4. The Hall–Kier alpha value is -8.02. The van der Waals surface area contributed by atoms with E-state index >= 15 is 0 Å². The summed E-state index contributed by atoms with van der Waals surface area (Å²) in [4.78, 5) is 50.5. The summed E-state index contributed by atoms with van der Waals surface area (Å²) in [6.45, 7) is 5.14. The smallest absolute Gasteiger partial charge is 0.338 e. The van der Waals surface area contributed by atoms with E-state index in [0.717, 1.165) is 21.5 Å². The van der Waals surface area contributed by atoms with E-state index in [-0.39, 0.29) is 60.2 Å². The molecule has 7 aromatic carbocycles. The van der Waals surface area contributed by atoms with Crippen LogP contribution in [0.3, 0.4) is 0 Å². The van der Waals surface area contributed by atoms with Gasteiger partial charge in [0.25, 0.3) is 0 Å². The largest absolute Gasteiger partial charge is 0.468 e. The molecule has 0 heterocycles. The minimum absolute atomic E-state index is 0.00665. The predicted octanol–water partition coefficient (Wildman–Crippen LogP) is 10.00. The molecular weight excluding hydrogens is 941 g/mol. The Bertz CT molecular complexity index is 2860. The van der Waals surface area contributed by atoms with Crippen LogP contribution >= 0.6 is 0 Å². The van der Waals surface area contributed by atoms with E-state index < -0.39 is 42.2 Å². The SMILES string of the molecule is CC(COC(=O)c1ccc(OCOCCOC(=O)c2cccc3ccccc23)cc1)OCOc1ccc(C(=O)OCC(C)OCOc2ccc(C(=O)OCC(C)OCOc3cccc4ccccc34)cc2)cc1. The Kier molecular flexibility index (Phi) is 19.9. The highest BCUT2D eigenvalue weighted by Gasteiger charge is 2.16. The van der Waals surface area contributed by atoms with E-state index in [0.29, 0.717) is 45.3 Å². The van der Waals surface area contributed by atoms with Crippen molar-refractivity contribution in [1.29, 1.82) is 0 Å². The summed E-state index contributed by atoms with van der Waals surface area (Å²) in [6, 6.07) is 45.9. The van der Waals surface area contributed by atoms with Crippen molar-refractivity contribution in [3.63, 3.8) is 0 Å². The molecule has 73 heavy (non-hydrogen) atoms. The zero-order valence-corrected chi connectivity index (χ0v) is 40.6. The Labute approximate surface area is 422 Å². The zero-order chi connectivity index (χ0) is 51.2. The van der Waals surface area contributed by atoms with E-state index in [9.17, 15) is 19.2 Å². The van der Waals surface area contributed by atoms with Gasteiger partial charge in [0.2, 0.25) is 0 Å². The molecule has 0 radical (unpaired) electrons. The number of rotatable bonds is 28. The molecule has 16 nitrogen and oxygen atoms in total. The maximum absolute atomic E-state index is 12.7. The lowest BCUT2D eigenvalue weighted by Crippen LogP contribution is -2.21. The summed E-state index contributed by atoms with van der Waals surface area (Å²) in [7, 11) is 0. The average molecular weight is 997 g/mol. The quantitative estimate of drug-likeness (QED) is 0.0196. The van der Waals surface area contributed by atoms with Crippen LogP contribution in [-0.4, -0.2) is 102 Å². The Morgan fingerprint density at radius 2 is 0.767 bits per heavy atom. The minimum atomic E-state index is -0.548. The van der Waals surface area contributed by atoms with Gasteiger partial charge in [0.05, 0.1) is 47.2 Å². The summed E-state index contributed by atoms with van der Waals surface area (Å²) >= 11 is 0. The second kappa shape index (κ2) is 27.5. The van der Waals surface area contributed by atoms with Gasteiger partial charge in [-0.25, -0.2) is 19.2 Å². The third kappa shape index (κ3) is 16.5. The summed E-state index contributed by atoms with van der Waals surface area (Å²) in [5.41, 5.74) is 1.47. The molecule has 7 rings (SSSR count). The van der Waals surface area contributed by atoms with E-state index in [4.69, 9.17) is 56.8 Å². The molecule has 0 saturated carbocycles. The fraction of sp³-hybridized carbons (Fsp3) is 0.263. The summed E-state index contributed by atoms with van der Waals surface area (Å²) in [6.07, 6.45) is -1.35. The first kappa shape index (κ1) is 52.8. The van der Waals surface area contributed by atoms with Gasteiger partial charge in [0.1, 0.15) is 49.4 Å². The summed E-state index contributed by atoms with van der Waals surface area (Å²) in [5.74, 6) is 0.0822. The molecule has 0 aromatic heterocycles. The number of benzene rings is 7. The zero-order valence-electron chi connectivity index (χ0n) is 40.6. The highest BCUT2D eigenvalue weighted by molar-refractivity contribution is 6.04. The van der Waals surface area contributed by atoms with Gasteiger partial charge in [0.15, 0.2) is 27.2 Å². The number of hydrogen-bond donors (Lipinski definition) is 0. The number of ether oxygens (including phenoxy) is 12. The minimum Gasteiger partial charge on any atom is -0.468 e. The van der Waals surface area contributed by atoms with Crippen molar-refractivity contribution in [2.24, 2.45) is 0 Å². The standard InChI is InChI=1S/C57H56O16/c1-39(32-64-54(58)44-18-24-47(25-19-44)70-35-62-30-31-63-57(61)52-16-8-12-42-10-4-6-14-50(42)52)67-36-71-48-26-20-45(21-27-48)55(59)65-33-40(2)68-37-72-49-28-22-46(23-29-49)56(60)66-34-41(3)69-38-73-53-17-9-13-43-11-5-7-15-51(43)53/h4-29,39-41H,30-38H2,1-3H3. The number of hydrogen-bond acceptors (Lipinski definition) is 16. The van der Waals surface area contributed by atoms with Crippen molar-refractivity contribution in [3.8, 4) is 23.0 Å². The Morgan fingerprint density at radius 1 is 0.370 bits per heavy atom. The third-order valence-corrected chi connectivity index (χ3v) is 10.9. The molecule has 0 fully saturated rings. The first-order chi connectivity index (χ1) is 35.6. The van der Waals surface area contributed by atoms with Gasteiger partial charge < -0.3 is 56.8 Å². The van der Waals surface area contributed by atoms with Crippen LogP contribution in [0.15, 0.2) is 158 Å². The lowest BCUT2D eigenvalue weighted by atomic mass is 10.1. The first-order valence-corrected chi connectivity index (χ1v) is 23.5. The molecule has 3 atom stereocenters. The number of carbonyl (C=O) groups is 4. The molecule has 0 amide bonds. The maximum Gasteiger partial charge on any atom is 0.338 e. The van der Waals surface area contributed by atoms with Crippen LogP contribution in [-0.2, 0) is 37.9 Å². The monoisotopic (exact) mass is 996 g/mol. The van der Waals surface area contributed by atoms with Crippen LogP contribution < -0.4 is 18.9 Å². The fourth-order valence-electron chi connectivity index (χ4n) is 6.85. The van der Waals surface area contributed by atoms with Crippen LogP contribution in [0.4, 0.5) is 0 Å². The molecule has 0 spiro atoms. The van der Waals surface area contributed by atoms with E-state index in [1.807, 2.05) is 78.9 Å². The topological polar surface area (TPSA) is 179 Å². The van der Waals surface area contributed by atoms with Gasteiger partial charge in [-0.1, -0.05) is 72.8 Å². The lowest BCUT2D eigenvalue weighted by Gasteiger charge is -2.15. The highest BCUT2D eigenvalue weighted by atomic mass is 16.7. The average Bonchev–Trinajstić information content (AvgIpc) is 3.42. The molecule has 0 N–H and O–H groups in total. The molecule has 16 heteroatoms. The van der Waals surface area contributed by atoms with Crippen molar-refractivity contribution >= 4 is 45.4 Å². The van der Waals surface area contributed by atoms with Crippen LogP contribution in [0.5, 0.6) is 23.0 Å². The second-order valence-electron chi connectivity index (χ2n) is 16.4. The van der Waals surface area contributed by atoms with E-state index in [2.05, 4.69) is 0 Å². The van der Waals surface area contributed by atoms with Crippen molar-refractivity contribution in [2.75, 3.05) is 60.2 Å². The van der Waals surface area contributed by atoms with Crippen LogP contribution in [0, 0.1) is 0 Å². The fourth-order valence-corrected chi connectivity index (χ4v) is 6.85.